The molecule has 1 saturated heterocycles. The van der Waals surface area contributed by atoms with Gasteiger partial charge in [-0.2, -0.15) is 0 Å². The van der Waals surface area contributed by atoms with Crippen LogP contribution in [0.2, 0.25) is 0 Å². The second kappa shape index (κ2) is 8.01. The number of nitrogens with zero attached hydrogens (tertiary/aromatic N) is 3. The fraction of sp³-hybridized carbons (Fsp3) is 0.545. The highest BCUT2D eigenvalue weighted by molar-refractivity contribution is 7.80. The Morgan fingerprint density at radius 2 is 2.00 bits per heavy atom. The Hall–Kier alpha value is -1.88. The summed E-state index contributed by atoms with van der Waals surface area (Å²) in [6.07, 6.45) is 13.2. The number of hydrogen-bond donors (Lipinski definition) is 1. The van der Waals surface area contributed by atoms with Crippen LogP contribution < -0.4 is 5.32 Å². The molecule has 2 fully saturated rings. The van der Waals surface area contributed by atoms with Crippen LogP contribution in [0.3, 0.4) is 0 Å². The van der Waals surface area contributed by atoms with Crippen molar-refractivity contribution in [2.24, 2.45) is 5.92 Å². The van der Waals surface area contributed by atoms with Crippen molar-refractivity contribution < 1.29 is 0 Å². The number of rotatable bonds is 5. The summed E-state index contributed by atoms with van der Waals surface area (Å²) in [6, 6.07) is 9.36. The fourth-order valence-electron chi connectivity index (χ4n) is 4.57. The number of nitrogens with one attached hydrogen (secondary N) is 1. The van der Waals surface area contributed by atoms with E-state index in [4.69, 9.17) is 12.2 Å². The van der Waals surface area contributed by atoms with E-state index >= 15 is 0 Å². The minimum absolute atomic E-state index is 0.0969. The van der Waals surface area contributed by atoms with E-state index in [1.807, 2.05) is 12.3 Å². The van der Waals surface area contributed by atoms with Crippen molar-refractivity contribution in [2.75, 3.05) is 6.54 Å². The predicted octanol–water partition coefficient (Wildman–Crippen LogP) is 5.02. The highest BCUT2D eigenvalue weighted by Crippen LogP contribution is 2.40. The monoisotopic (exact) mass is 382 g/mol. The molecule has 0 spiro atoms. The van der Waals surface area contributed by atoms with Gasteiger partial charge in [-0.05, 0) is 54.7 Å². The third-order valence-corrected chi connectivity index (χ3v) is 6.19. The quantitative estimate of drug-likeness (QED) is 0.736. The largest absolute Gasteiger partial charge is 0.352 e. The van der Waals surface area contributed by atoms with E-state index in [-0.39, 0.29) is 12.1 Å². The molecule has 1 N–H and O–H groups in total. The minimum atomic E-state index is 0.0969. The first-order chi connectivity index (χ1) is 13.1. The van der Waals surface area contributed by atoms with Gasteiger partial charge in [0.15, 0.2) is 5.11 Å². The lowest BCUT2D eigenvalue weighted by Gasteiger charge is -2.29. The molecular formula is C22H30N4S. The Morgan fingerprint density at radius 1 is 1.19 bits per heavy atom. The lowest BCUT2D eigenvalue weighted by Crippen LogP contribution is -2.32. The summed E-state index contributed by atoms with van der Waals surface area (Å²) in [5.74, 6) is 0.551. The first-order valence-electron chi connectivity index (χ1n) is 10.3. The molecule has 144 valence electrons. The number of aromatic nitrogens is 2. The molecule has 1 aliphatic heterocycles. The molecule has 3 heterocycles. The van der Waals surface area contributed by atoms with Crippen molar-refractivity contribution in [1.29, 1.82) is 0 Å². The van der Waals surface area contributed by atoms with Crippen molar-refractivity contribution in [3.63, 3.8) is 0 Å². The van der Waals surface area contributed by atoms with E-state index in [9.17, 15) is 0 Å². The molecule has 4 rings (SSSR count). The molecule has 1 aliphatic carbocycles. The highest BCUT2D eigenvalue weighted by atomic mass is 32.1. The van der Waals surface area contributed by atoms with Gasteiger partial charge in [0.2, 0.25) is 0 Å². The van der Waals surface area contributed by atoms with Gasteiger partial charge < -0.3 is 14.8 Å². The van der Waals surface area contributed by atoms with Crippen LogP contribution in [0.15, 0.2) is 42.9 Å². The SMILES string of the molecule is CC(C)CN1C(=S)N[C@H](c2ccccn2)[C@@H]1c1ccn(C2CCCCC2)c1. The third kappa shape index (κ3) is 3.88. The first kappa shape index (κ1) is 18.5. The molecule has 0 amide bonds. The van der Waals surface area contributed by atoms with Crippen LogP contribution in [0.25, 0.3) is 0 Å². The summed E-state index contributed by atoms with van der Waals surface area (Å²) in [5.41, 5.74) is 2.39. The summed E-state index contributed by atoms with van der Waals surface area (Å²) in [4.78, 5) is 6.99. The van der Waals surface area contributed by atoms with Gasteiger partial charge in [-0.1, -0.05) is 39.2 Å². The van der Waals surface area contributed by atoms with E-state index in [1.165, 1.54) is 37.7 Å². The highest BCUT2D eigenvalue weighted by Gasteiger charge is 2.40. The number of thiocarbonyl (C=S) groups is 1. The Morgan fingerprint density at radius 3 is 2.70 bits per heavy atom. The van der Waals surface area contributed by atoms with E-state index < -0.39 is 0 Å². The first-order valence-corrected chi connectivity index (χ1v) is 10.7. The second-order valence-corrected chi connectivity index (χ2v) is 8.74. The van der Waals surface area contributed by atoms with Crippen LogP contribution in [0, 0.1) is 5.92 Å². The van der Waals surface area contributed by atoms with Crippen LogP contribution in [0.1, 0.15) is 75.3 Å². The number of hydrogen-bond acceptors (Lipinski definition) is 2. The van der Waals surface area contributed by atoms with Gasteiger partial charge in [-0.25, -0.2) is 0 Å². The molecule has 1 saturated carbocycles. The summed E-state index contributed by atoms with van der Waals surface area (Å²) < 4.78 is 2.44. The van der Waals surface area contributed by atoms with Gasteiger partial charge in [-0.15, -0.1) is 0 Å². The molecule has 0 aromatic carbocycles. The van der Waals surface area contributed by atoms with Gasteiger partial charge in [0, 0.05) is 31.2 Å². The van der Waals surface area contributed by atoms with Gasteiger partial charge in [0.25, 0.3) is 0 Å². The van der Waals surface area contributed by atoms with E-state index in [2.05, 4.69) is 64.2 Å². The van der Waals surface area contributed by atoms with Gasteiger partial charge >= 0.3 is 0 Å². The zero-order chi connectivity index (χ0) is 18.8. The van der Waals surface area contributed by atoms with Crippen LogP contribution in [-0.4, -0.2) is 26.1 Å². The maximum Gasteiger partial charge on any atom is 0.170 e. The molecule has 2 atom stereocenters. The van der Waals surface area contributed by atoms with Crippen molar-refractivity contribution in [3.05, 3.63) is 54.1 Å². The zero-order valence-corrected chi connectivity index (χ0v) is 17.2. The maximum absolute atomic E-state index is 5.73. The summed E-state index contributed by atoms with van der Waals surface area (Å²) in [5, 5.41) is 4.39. The predicted molar refractivity (Wildman–Crippen MR) is 114 cm³/mol. The molecule has 2 aromatic rings. The third-order valence-electron chi connectivity index (χ3n) is 5.83. The summed E-state index contributed by atoms with van der Waals surface area (Å²) >= 11 is 5.73. The fourth-order valence-corrected chi connectivity index (χ4v) is 4.89. The average molecular weight is 383 g/mol. The zero-order valence-electron chi connectivity index (χ0n) is 16.3. The molecule has 0 unspecified atom stereocenters. The maximum atomic E-state index is 5.73. The molecule has 2 aromatic heterocycles. The second-order valence-electron chi connectivity index (χ2n) is 8.36. The number of pyridine rings is 1. The Labute approximate surface area is 168 Å². The summed E-state index contributed by atoms with van der Waals surface area (Å²) in [7, 11) is 0. The van der Waals surface area contributed by atoms with E-state index in [0.717, 1.165) is 17.4 Å². The topological polar surface area (TPSA) is 33.1 Å². The van der Waals surface area contributed by atoms with Crippen LogP contribution >= 0.6 is 12.2 Å². The molecule has 2 aliphatic rings. The molecular weight excluding hydrogens is 352 g/mol. The molecule has 0 bridgehead atoms. The van der Waals surface area contributed by atoms with Crippen molar-refractivity contribution in [2.45, 2.75) is 64.1 Å². The molecule has 0 radical (unpaired) electrons. The van der Waals surface area contributed by atoms with Gasteiger partial charge in [0.1, 0.15) is 0 Å². The lowest BCUT2D eigenvalue weighted by molar-refractivity contribution is 0.286. The van der Waals surface area contributed by atoms with Crippen molar-refractivity contribution >= 4 is 17.3 Å². The van der Waals surface area contributed by atoms with Gasteiger partial charge in [0.05, 0.1) is 17.8 Å². The molecule has 4 nitrogen and oxygen atoms in total. The average Bonchev–Trinajstić information content (AvgIpc) is 3.28. The van der Waals surface area contributed by atoms with Crippen LogP contribution in [0.5, 0.6) is 0 Å². The van der Waals surface area contributed by atoms with Crippen LogP contribution in [-0.2, 0) is 0 Å². The summed E-state index contributed by atoms with van der Waals surface area (Å²) in [6.45, 7) is 5.45. The van der Waals surface area contributed by atoms with Crippen molar-refractivity contribution in [1.82, 2.24) is 19.8 Å². The van der Waals surface area contributed by atoms with E-state index in [1.54, 1.807) is 0 Å². The Kier molecular flexibility index (Phi) is 5.48. The lowest BCUT2D eigenvalue weighted by atomic mass is 9.95. The van der Waals surface area contributed by atoms with Crippen LogP contribution in [0.4, 0.5) is 0 Å². The standard InChI is InChI=1S/C22H30N4S/c1-16(2)14-26-21(20(24-22(26)27)19-10-6-7-12-23-19)17-11-13-25(15-17)18-8-4-3-5-9-18/h6-7,10-13,15-16,18,20-21H,3-5,8-9,14H2,1-2H3,(H,24,27)/t20-,21+/m1/s1. The van der Waals surface area contributed by atoms with Crippen molar-refractivity contribution in [3.8, 4) is 0 Å². The molecule has 5 heteroatoms. The molecule has 27 heavy (non-hydrogen) atoms. The Balaban J connectivity index is 1.66. The van der Waals surface area contributed by atoms with Gasteiger partial charge in [-0.3, -0.25) is 4.98 Å². The minimum Gasteiger partial charge on any atom is -0.352 e. The Bertz CT molecular complexity index is 764. The smallest absolute Gasteiger partial charge is 0.170 e. The normalized spacial score (nSPS) is 23.8. The van der Waals surface area contributed by atoms with E-state index in [0.29, 0.717) is 12.0 Å².